The third kappa shape index (κ3) is 4.67. The van der Waals surface area contributed by atoms with Crippen LogP contribution in [0.1, 0.15) is 23.5 Å². The van der Waals surface area contributed by atoms with E-state index in [4.69, 9.17) is 0 Å². The van der Waals surface area contributed by atoms with E-state index in [1.165, 1.54) is 12.1 Å². The number of fused-ring (bicyclic) bond motifs is 1. The zero-order valence-electron chi connectivity index (χ0n) is 16.2. The number of carbonyl (C=O) groups is 2. The zero-order valence-corrected chi connectivity index (χ0v) is 17.1. The number of hydrogen-bond acceptors (Lipinski definition) is 5. The van der Waals surface area contributed by atoms with Gasteiger partial charge in [-0.05, 0) is 29.8 Å². The van der Waals surface area contributed by atoms with Crippen LogP contribution in [0.5, 0.6) is 0 Å². The highest BCUT2D eigenvalue weighted by atomic mass is 32.2. The quantitative estimate of drug-likeness (QED) is 0.399. The molecule has 7 nitrogen and oxygen atoms in total. The molecule has 1 atom stereocenters. The molecule has 2 amide bonds. The lowest BCUT2D eigenvalue weighted by atomic mass is 9.92. The number of hydrogen-bond donors (Lipinski definition) is 3. The number of H-pyrrole nitrogens is 1. The van der Waals surface area contributed by atoms with Gasteiger partial charge >= 0.3 is 0 Å². The van der Waals surface area contributed by atoms with Crippen LogP contribution in [0.3, 0.4) is 0 Å². The Hall–Kier alpha value is -3.60. The fraction of sp³-hybridized carbons (Fsp3) is 0.143. The molecule has 0 spiro atoms. The summed E-state index contributed by atoms with van der Waals surface area (Å²) in [7, 11) is 0. The van der Waals surface area contributed by atoms with Gasteiger partial charge in [-0.3, -0.25) is 14.4 Å². The van der Waals surface area contributed by atoms with Crippen LogP contribution < -0.4 is 16.2 Å². The van der Waals surface area contributed by atoms with Gasteiger partial charge < -0.3 is 15.6 Å². The molecule has 0 saturated heterocycles. The number of nitrogens with one attached hydrogen (secondary N) is 3. The molecule has 2 aromatic carbocycles. The third-order valence-corrected chi connectivity index (χ3v) is 5.67. The summed E-state index contributed by atoms with van der Waals surface area (Å²) in [5.74, 6) is -4.33. The van der Waals surface area contributed by atoms with E-state index in [1.54, 1.807) is 12.1 Å². The highest BCUT2D eigenvalue weighted by Gasteiger charge is 2.35. The van der Waals surface area contributed by atoms with Gasteiger partial charge in [-0.1, -0.05) is 23.9 Å². The summed E-state index contributed by atoms with van der Waals surface area (Å²) in [5, 5.41) is 4.88. The van der Waals surface area contributed by atoms with E-state index in [0.29, 0.717) is 5.75 Å². The molecular weight excluding hydrogens is 445 g/mol. The maximum absolute atomic E-state index is 13.9. The van der Waals surface area contributed by atoms with Gasteiger partial charge in [0, 0.05) is 18.2 Å². The Morgan fingerprint density at radius 3 is 2.56 bits per heavy atom. The second-order valence-corrected chi connectivity index (χ2v) is 7.93. The summed E-state index contributed by atoms with van der Waals surface area (Å²) < 4.78 is 40.3. The molecule has 1 aliphatic heterocycles. The largest absolute Gasteiger partial charge is 0.323 e. The minimum Gasteiger partial charge on any atom is -0.323 e. The molecule has 4 rings (SSSR count). The van der Waals surface area contributed by atoms with Gasteiger partial charge in [-0.15, -0.1) is 0 Å². The molecule has 2 heterocycles. The van der Waals surface area contributed by atoms with Gasteiger partial charge in [-0.25, -0.2) is 18.2 Å². The molecular formula is C21H15F3N4O3S. The summed E-state index contributed by atoms with van der Waals surface area (Å²) in [6.07, 6.45) is -0.359. The van der Waals surface area contributed by atoms with Crippen molar-refractivity contribution < 1.29 is 22.8 Å². The highest BCUT2D eigenvalue weighted by Crippen LogP contribution is 2.31. The van der Waals surface area contributed by atoms with Crippen molar-refractivity contribution in [2.45, 2.75) is 23.2 Å². The van der Waals surface area contributed by atoms with Crippen molar-refractivity contribution >= 4 is 35.1 Å². The first-order valence-electron chi connectivity index (χ1n) is 9.37. The average molecular weight is 460 g/mol. The number of rotatable bonds is 5. The van der Waals surface area contributed by atoms with Crippen LogP contribution in [0, 0.1) is 17.5 Å². The zero-order chi connectivity index (χ0) is 22.8. The Morgan fingerprint density at radius 2 is 1.81 bits per heavy atom. The minimum atomic E-state index is -1.24. The fourth-order valence-electron chi connectivity index (χ4n) is 3.19. The maximum atomic E-state index is 13.9. The molecule has 32 heavy (non-hydrogen) atoms. The van der Waals surface area contributed by atoms with Crippen LogP contribution >= 0.6 is 11.8 Å². The summed E-state index contributed by atoms with van der Waals surface area (Å²) in [6.45, 7) is 0. The molecule has 3 aromatic rings. The number of carbonyl (C=O) groups excluding carboxylic acids is 2. The molecule has 0 fully saturated rings. The molecule has 1 aromatic heterocycles. The second kappa shape index (κ2) is 8.87. The topological polar surface area (TPSA) is 104 Å². The monoisotopic (exact) mass is 460 g/mol. The number of anilines is 2. The Balaban J connectivity index is 1.58. The number of amides is 2. The number of thioether (sulfide) groups is 1. The Labute approximate surface area is 183 Å². The molecule has 0 unspecified atom stereocenters. The van der Waals surface area contributed by atoms with Crippen molar-refractivity contribution in [3.05, 3.63) is 81.4 Å². The number of nitrogens with zero attached hydrogens (tertiary/aromatic N) is 1. The summed E-state index contributed by atoms with van der Waals surface area (Å²) in [6, 6.07) is 8.35. The lowest BCUT2D eigenvalue weighted by molar-refractivity contribution is -0.123. The van der Waals surface area contributed by atoms with Crippen LogP contribution in [-0.4, -0.2) is 21.8 Å². The van der Waals surface area contributed by atoms with Gasteiger partial charge in [-0.2, -0.15) is 0 Å². The van der Waals surface area contributed by atoms with Crippen LogP contribution in [0.4, 0.5) is 24.7 Å². The molecule has 0 aliphatic carbocycles. The first kappa shape index (κ1) is 21.6. The van der Waals surface area contributed by atoms with E-state index in [9.17, 15) is 27.6 Å². The van der Waals surface area contributed by atoms with Crippen molar-refractivity contribution in [3.63, 3.8) is 0 Å². The van der Waals surface area contributed by atoms with Gasteiger partial charge in [0.05, 0.1) is 17.2 Å². The predicted octanol–water partition coefficient (Wildman–Crippen LogP) is 3.54. The Kier molecular flexibility index (Phi) is 5.99. The van der Waals surface area contributed by atoms with E-state index >= 15 is 0 Å². The lowest BCUT2D eigenvalue weighted by Gasteiger charge is -2.23. The van der Waals surface area contributed by atoms with E-state index in [2.05, 4.69) is 20.6 Å². The van der Waals surface area contributed by atoms with E-state index < -0.39 is 40.6 Å². The summed E-state index contributed by atoms with van der Waals surface area (Å²) >= 11 is 1.15. The molecule has 164 valence electrons. The molecule has 0 radical (unpaired) electrons. The fourth-order valence-corrected chi connectivity index (χ4v) is 4.00. The number of aromatic amines is 1. The van der Waals surface area contributed by atoms with Crippen molar-refractivity contribution in [1.29, 1.82) is 0 Å². The van der Waals surface area contributed by atoms with Crippen molar-refractivity contribution in [2.75, 3.05) is 10.6 Å². The average Bonchev–Trinajstić information content (AvgIpc) is 2.75. The van der Waals surface area contributed by atoms with E-state index in [1.807, 2.05) is 0 Å². The molecule has 0 saturated carbocycles. The smallest absolute Gasteiger partial charge is 0.257 e. The van der Waals surface area contributed by atoms with Crippen LogP contribution in [0.25, 0.3) is 0 Å². The molecule has 0 bridgehead atoms. The van der Waals surface area contributed by atoms with Crippen molar-refractivity contribution in [3.8, 4) is 0 Å². The second-order valence-electron chi connectivity index (χ2n) is 6.97. The third-order valence-electron chi connectivity index (χ3n) is 4.72. The highest BCUT2D eigenvalue weighted by molar-refractivity contribution is 7.98. The number of halogens is 3. The van der Waals surface area contributed by atoms with Gasteiger partial charge in [0.15, 0.2) is 5.16 Å². The summed E-state index contributed by atoms with van der Waals surface area (Å²) in [4.78, 5) is 44.3. The predicted molar refractivity (Wildman–Crippen MR) is 112 cm³/mol. The number of benzene rings is 2. The number of aromatic nitrogens is 2. The molecule has 1 aliphatic rings. The normalized spacial score (nSPS) is 15.1. The SMILES string of the molecule is O=C1C[C@H](C(=O)Nc2cc(F)ccc2F)c2c(nc(SCc3ccc(F)cc3)[nH]c2=O)N1. The Morgan fingerprint density at radius 1 is 1.09 bits per heavy atom. The van der Waals surface area contributed by atoms with E-state index in [0.717, 1.165) is 35.5 Å². The maximum Gasteiger partial charge on any atom is 0.257 e. The summed E-state index contributed by atoms with van der Waals surface area (Å²) in [5.41, 5.74) is -0.338. The minimum absolute atomic E-state index is 0.0773. The van der Waals surface area contributed by atoms with Crippen LogP contribution in [0.15, 0.2) is 52.4 Å². The van der Waals surface area contributed by atoms with Gasteiger partial charge in [0.1, 0.15) is 23.3 Å². The molecule has 3 N–H and O–H groups in total. The standard InChI is InChI=1S/C21H15F3N4O3S/c22-11-3-1-10(2-4-11)9-32-21-27-18-17(20(31)28-21)13(8-16(29)26-18)19(30)25-15-7-12(23)5-6-14(15)24/h1-7,13H,8-9H2,(H,25,30)(H2,26,27,28,29,31)/t13-/m0/s1. The van der Waals surface area contributed by atoms with Gasteiger partial charge in [0.25, 0.3) is 5.56 Å². The molecule has 11 heteroatoms. The lowest BCUT2D eigenvalue weighted by Crippen LogP contribution is -2.36. The van der Waals surface area contributed by atoms with Crippen molar-refractivity contribution in [2.24, 2.45) is 0 Å². The van der Waals surface area contributed by atoms with E-state index in [-0.39, 0.29) is 28.8 Å². The first-order valence-corrected chi connectivity index (χ1v) is 10.4. The van der Waals surface area contributed by atoms with Crippen molar-refractivity contribution in [1.82, 2.24) is 9.97 Å². The van der Waals surface area contributed by atoms with Crippen LogP contribution in [-0.2, 0) is 15.3 Å². The van der Waals surface area contributed by atoms with Gasteiger partial charge in [0.2, 0.25) is 11.8 Å². The Bertz CT molecular complexity index is 1260. The first-order chi connectivity index (χ1) is 15.3. The van der Waals surface area contributed by atoms with Crippen LogP contribution in [0.2, 0.25) is 0 Å².